The second kappa shape index (κ2) is 6.60. The number of rotatable bonds is 5. The van der Waals surface area contributed by atoms with Crippen LogP contribution in [0.3, 0.4) is 0 Å². The van der Waals surface area contributed by atoms with E-state index in [0.29, 0.717) is 12.4 Å². The number of pyridine rings is 1. The minimum absolute atomic E-state index is 0.243. The van der Waals surface area contributed by atoms with Gasteiger partial charge in [0.25, 0.3) is 0 Å². The van der Waals surface area contributed by atoms with Gasteiger partial charge < -0.3 is 15.0 Å². The van der Waals surface area contributed by atoms with Gasteiger partial charge in [0.1, 0.15) is 5.60 Å². The molecule has 2 heterocycles. The monoisotopic (exact) mass is 301 g/mol. The summed E-state index contributed by atoms with van der Waals surface area (Å²) in [5.74, 6) is 2.19. The normalized spacial score (nSPS) is 11.1. The molecule has 22 heavy (non-hydrogen) atoms. The van der Waals surface area contributed by atoms with Gasteiger partial charge >= 0.3 is 0 Å². The Bertz CT molecular complexity index is 605. The maximum Gasteiger partial charge on any atom is 0.213 e. The highest BCUT2D eigenvalue weighted by atomic mass is 16.5. The molecule has 0 bridgehead atoms. The highest BCUT2D eigenvalue weighted by Crippen LogP contribution is 2.19. The molecule has 2 aromatic rings. The average molecular weight is 301 g/mol. The SMILES string of the molecule is CN(C)c1nccnc1NCc1ccc(OC(C)(C)C)nc1. The predicted molar refractivity (Wildman–Crippen MR) is 88.3 cm³/mol. The smallest absolute Gasteiger partial charge is 0.213 e. The Labute approximate surface area is 131 Å². The van der Waals surface area contributed by atoms with Crippen LogP contribution in [-0.2, 0) is 6.54 Å². The molecule has 0 radical (unpaired) electrons. The molecule has 0 aliphatic rings. The lowest BCUT2D eigenvalue weighted by Crippen LogP contribution is -2.23. The van der Waals surface area contributed by atoms with Crippen molar-refractivity contribution in [1.29, 1.82) is 0 Å². The van der Waals surface area contributed by atoms with Crippen molar-refractivity contribution in [3.05, 3.63) is 36.3 Å². The van der Waals surface area contributed by atoms with Crippen LogP contribution in [0.5, 0.6) is 5.88 Å². The summed E-state index contributed by atoms with van der Waals surface area (Å²) in [6.45, 7) is 6.63. The number of nitrogens with zero attached hydrogens (tertiary/aromatic N) is 4. The van der Waals surface area contributed by atoms with E-state index >= 15 is 0 Å². The van der Waals surface area contributed by atoms with Gasteiger partial charge in [-0.3, -0.25) is 0 Å². The Hall–Kier alpha value is -2.37. The Morgan fingerprint density at radius 2 is 1.82 bits per heavy atom. The summed E-state index contributed by atoms with van der Waals surface area (Å²) in [6, 6.07) is 3.87. The fourth-order valence-electron chi connectivity index (χ4n) is 1.86. The first-order valence-electron chi connectivity index (χ1n) is 7.21. The van der Waals surface area contributed by atoms with Crippen LogP contribution in [0.1, 0.15) is 26.3 Å². The van der Waals surface area contributed by atoms with E-state index in [9.17, 15) is 0 Å². The maximum absolute atomic E-state index is 5.71. The molecule has 6 heteroatoms. The largest absolute Gasteiger partial charge is 0.472 e. The molecule has 0 spiro atoms. The highest BCUT2D eigenvalue weighted by Gasteiger charge is 2.12. The number of ether oxygens (including phenoxy) is 1. The molecule has 118 valence electrons. The summed E-state index contributed by atoms with van der Waals surface area (Å²) in [4.78, 5) is 14.9. The molecular weight excluding hydrogens is 278 g/mol. The van der Waals surface area contributed by atoms with Gasteiger partial charge in [-0.1, -0.05) is 6.07 Å². The first-order chi connectivity index (χ1) is 10.3. The van der Waals surface area contributed by atoms with Crippen LogP contribution < -0.4 is 15.0 Å². The van der Waals surface area contributed by atoms with E-state index in [1.54, 1.807) is 18.6 Å². The van der Waals surface area contributed by atoms with Gasteiger partial charge in [0.05, 0.1) is 0 Å². The highest BCUT2D eigenvalue weighted by molar-refractivity contribution is 5.59. The fraction of sp³-hybridized carbons (Fsp3) is 0.438. The van der Waals surface area contributed by atoms with Crippen LogP contribution >= 0.6 is 0 Å². The second-order valence-electron chi connectivity index (χ2n) is 6.20. The van der Waals surface area contributed by atoms with Gasteiger partial charge in [-0.2, -0.15) is 0 Å². The van der Waals surface area contributed by atoms with Gasteiger partial charge in [-0.05, 0) is 26.3 Å². The topological polar surface area (TPSA) is 63.2 Å². The van der Waals surface area contributed by atoms with Crippen molar-refractivity contribution >= 4 is 11.6 Å². The molecule has 2 rings (SSSR count). The third-order valence-corrected chi connectivity index (χ3v) is 2.77. The molecule has 0 aromatic carbocycles. The van der Waals surface area contributed by atoms with Gasteiger partial charge in [0, 0.05) is 45.3 Å². The first kappa shape index (κ1) is 16.0. The van der Waals surface area contributed by atoms with Gasteiger partial charge in [0.15, 0.2) is 11.6 Å². The van der Waals surface area contributed by atoms with Crippen LogP contribution in [0.25, 0.3) is 0 Å². The van der Waals surface area contributed by atoms with Crippen LogP contribution in [0.15, 0.2) is 30.7 Å². The van der Waals surface area contributed by atoms with E-state index in [1.165, 1.54) is 0 Å². The van der Waals surface area contributed by atoms with Crippen LogP contribution in [-0.4, -0.2) is 34.6 Å². The molecule has 0 fully saturated rings. The molecule has 0 aliphatic heterocycles. The van der Waals surface area contributed by atoms with Crippen molar-refractivity contribution in [2.24, 2.45) is 0 Å². The van der Waals surface area contributed by atoms with Crippen molar-refractivity contribution in [2.75, 3.05) is 24.3 Å². The quantitative estimate of drug-likeness (QED) is 0.916. The summed E-state index contributed by atoms with van der Waals surface area (Å²) in [6.07, 6.45) is 5.16. The van der Waals surface area contributed by atoms with Crippen LogP contribution in [0.2, 0.25) is 0 Å². The molecule has 6 nitrogen and oxygen atoms in total. The molecule has 2 aromatic heterocycles. The van der Waals surface area contributed by atoms with Crippen molar-refractivity contribution in [1.82, 2.24) is 15.0 Å². The lowest BCUT2D eigenvalue weighted by molar-refractivity contribution is 0.124. The summed E-state index contributed by atoms with van der Waals surface area (Å²) in [5, 5.41) is 3.28. The minimum atomic E-state index is -0.243. The molecule has 0 saturated heterocycles. The third-order valence-electron chi connectivity index (χ3n) is 2.77. The van der Waals surface area contributed by atoms with Crippen molar-refractivity contribution in [2.45, 2.75) is 32.9 Å². The lowest BCUT2D eigenvalue weighted by Gasteiger charge is -2.20. The van der Waals surface area contributed by atoms with E-state index in [2.05, 4.69) is 20.3 Å². The Balaban J connectivity index is 2.01. The van der Waals surface area contributed by atoms with E-state index in [0.717, 1.165) is 17.2 Å². The lowest BCUT2D eigenvalue weighted by atomic mass is 10.2. The summed E-state index contributed by atoms with van der Waals surface area (Å²) in [7, 11) is 3.88. The van der Waals surface area contributed by atoms with Crippen molar-refractivity contribution in [3.63, 3.8) is 0 Å². The maximum atomic E-state index is 5.71. The van der Waals surface area contributed by atoms with E-state index in [-0.39, 0.29) is 5.60 Å². The molecule has 0 unspecified atom stereocenters. The third kappa shape index (κ3) is 4.58. The number of aromatic nitrogens is 3. The van der Waals surface area contributed by atoms with E-state index in [1.807, 2.05) is 51.9 Å². The van der Waals surface area contributed by atoms with Crippen molar-refractivity contribution < 1.29 is 4.74 Å². The van der Waals surface area contributed by atoms with Crippen LogP contribution in [0.4, 0.5) is 11.6 Å². The fourth-order valence-corrected chi connectivity index (χ4v) is 1.86. The van der Waals surface area contributed by atoms with Crippen molar-refractivity contribution in [3.8, 4) is 5.88 Å². The molecule has 0 amide bonds. The predicted octanol–water partition coefficient (Wildman–Crippen LogP) is 2.73. The number of hydrogen-bond donors (Lipinski definition) is 1. The van der Waals surface area contributed by atoms with E-state index < -0.39 is 0 Å². The summed E-state index contributed by atoms with van der Waals surface area (Å²) in [5.41, 5.74) is 0.809. The van der Waals surface area contributed by atoms with Crippen LogP contribution in [0, 0.1) is 0 Å². The molecule has 0 aliphatic carbocycles. The van der Waals surface area contributed by atoms with Gasteiger partial charge in [-0.25, -0.2) is 15.0 Å². The molecule has 0 atom stereocenters. The second-order valence-corrected chi connectivity index (χ2v) is 6.20. The number of hydrogen-bond acceptors (Lipinski definition) is 6. The Kier molecular flexibility index (Phi) is 4.80. The van der Waals surface area contributed by atoms with Gasteiger partial charge in [-0.15, -0.1) is 0 Å². The molecular formula is C16H23N5O. The van der Waals surface area contributed by atoms with E-state index in [4.69, 9.17) is 4.74 Å². The van der Waals surface area contributed by atoms with Gasteiger partial charge in [0.2, 0.25) is 5.88 Å². The number of anilines is 2. The minimum Gasteiger partial charge on any atom is -0.472 e. The number of nitrogens with one attached hydrogen (secondary N) is 1. The Morgan fingerprint density at radius 1 is 1.09 bits per heavy atom. The zero-order valence-electron chi connectivity index (χ0n) is 13.8. The zero-order chi connectivity index (χ0) is 16.2. The molecule has 0 saturated carbocycles. The first-order valence-corrected chi connectivity index (χ1v) is 7.21. The standard InChI is InChI=1S/C16H23N5O/c1-16(2,3)22-13-7-6-12(10-19-13)11-20-14-15(21(4)5)18-9-8-17-14/h6-10H,11H2,1-5H3,(H,17,20). The Morgan fingerprint density at radius 3 is 2.41 bits per heavy atom. The summed E-state index contributed by atoms with van der Waals surface area (Å²) >= 11 is 0. The molecule has 1 N–H and O–H groups in total. The average Bonchev–Trinajstić information content (AvgIpc) is 2.45. The summed E-state index contributed by atoms with van der Waals surface area (Å²) < 4.78 is 5.71. The zero-order valence-corrected chi connectivity index (χ0v) is 13.8.